The fourth-order valence-corrected chi connectivity index (χ4v) is 1.72. The molecule has 0 radical (unpaired) electrons. The molecule has 6 heteroatoms. The van der Waals surface area contributed by atoms with Crippen LogP contribution in [0.15, 0.2) is 38.1 Å². The van der Waals surface area contributed by atoms with E-state index in [1.807, 2.05) is 0 Å². The summed E-state index contributed by atoms with van der Waals surface area (Å²) < 4.78 is 5.45. The number of halogens is 1. The van der Waals surface area contributed by atoms with Crippen molar-refractivity contribution in [1.82, 2.24) is 0 Å². The molecule has 1 aromatic heterocycles. The highest BCUT2D eigenvalue weighted by molar-refractivity contribution is 9.10. The van der Waals surface area contributed by atoms with Gasteiger partial charge in [-0.1, -0.05) is 15.9 Å². The summed E-state index contributed by atoms with van der Waals surface area (Å²) in [4.78, 5) is 21.5. The van der Waals surface area contributed by atoms with E-state index >= 15 is 0 Å². The lowest BCUT2D eigenvalue weighted by molar-refractivity contribution is -0.383. The molecule has 76 valence electrons. The maximum absolute atomic E-state index is 11.4. The molecule has 0 N–H and O–H groups in total. The smallest absolute Gasteiger partial charge is 0.313 e. The van der Waals surface area contributed by atoms with E-state index in [2.05, 4.69) is 15.9 Å². The highest BCUT2D eigenvalue weighted by Crippen LogP contribution is 2.27. The van der Waals surface area contributed by atoms with E-state index in [9.17, 15) is 14.9 Å². The Morgan fingerprint density at radius 2 is 2.13 bits per heavy atom. The van der Waals surface area contributed by atoms with Gasteiger partial charge in [0.2, 0.25) is 5.58 Å². The molecule has 0 saturated carbocycles. The van der Waals surface area contributed by atoms with Crippen LogP contribution in [0.2, 0.25) is 0 Å². The first kappa shape index (κ1) is 9.85. The first-order valence-corrected chi connectivity index (χ1v) is 4.74. The molecular weight excluding hydrogens is 266 g/mol. The van der Waals surface area contributed by atoms with Crippen LogP contribution in [-0.4, -0.2) is 4.92 Å². The second-order valence-electron chi connectivity index (χ2n) is 2.84. The number of rotatable bonds is 1. The predicted molar refractivity (Wildman–Crippen MR) is 56.8 cm³/mol. The summed E-state index contributed by atoms with van der Waals surface area (Å²) in [5.41, 5.74) is -0.534. The van der Waals surface area contributed by atoms with Crippen molar-refractivity contribution in [3.8, 4) is 0 Å². The van der Waals surface area contributed by atoms with E-state index in [1.165, 1.54) is 18.2 Å². The molecule has 0 spiro atoms. The third-order valence-corrected chi connectivity index (χ3v) is 2.36. The van der Waals surface area contributed by atoms with Crippen LogP contribution in [0, 0.1) is 10.1 Å². The monoisotopic (exact) mass is 269 g/mol. The summed E-state index contributed by atoms with van der Waals surface area (Å²) in [6.07, 6.45) is 1.14. The number of nitro benzene ring substituents is 1. The Labute approximate surface area is 91.6 Å². The molecule has 0 amide bonds. The highest BCUT2D eigenvalue weighted by Gasteiger charge is 2.16. The molecule has 0 fully saturated rings. The molecule has 0 aliphatic carbocycles. The van der Waals surface area contributed by atoms with Crippen LogP contribution in [0.4, 0.5) is 5.69 Å². The second-order valence-corrected chi connectivity index (χ2v) is 3.76. The summed E-state index contributed by atoms with van der Waals surface area (Å²) in [6.45, 7) is 0. The van der Waals surface area contributed by atoms with Gasteiger partial charge in [-0.25, -0.2) is 0 Å². The Balaban J connectivity index is 2.99. The number of fused-ring (bicyclic) bond motifs is 1. The molecule has 1 aromatic carbocycles. The Morgan fingerprint density at radius 1 is 1.40 bits per heavy atom. The molecule has 5 nitrogen and oxygen atoms in total. The normalized spacial score (nSPS) is 10.5. The maximum atomic E-state index is 11.4. The van der Waals surface area contributed by atoms with Gasteiger partial charge < -0.3 is 4.42 Å². The average molecular weight is 270 g/mol. The van der Waals surface area contributed by atoms with Crippen LogP contribution in [0.3, 0.4) is 0 Å². The van der Waals surface area contributed by atoms with Gasteiger partial charge >= 0.3 is 5.69 Å². The zero-order valence-corrected chi connectivity index (χ0v) is 8.85. The first-order chi connectivity index (χ1) is 7.09. The standard InChI is InChI=1S/C9H4BrNO4/c10-5-3-6-8(12)1-2-15-9(6)7(4-5)11(13)14/h1-4H. The fraction of sp³-hybridized carbons (Fsp3) is 0. The van der Waals surface area contributed by atoms with Crippen molar-refractivity contribution in [2.75, 3.05) is 0 Å². The lowest BCUT2D eigenvalue weighted by atomic mass is 10.2. The van der Waals surface area contributed by atoms with Gasteiger partial charge in [-0.15, -0.1) is 0 Å². The third kappa shape index (κ3) is 1.63. The second kappa shape index (κ2) is 3.47. The zero-order valence-electron chi connectivity index (χ0n) is 7.27. The summed E-state index contributed by atoms with van der Waals surface area (Å²) in [7, 11) is 0. The van der Waals surface area contributed by atoms with Gasteiger partial charge in [0, 0.05) is 16.6 Å². The lowest BCUT2D eigenvalue weighted by Gasteiger charge is -1.98. The number of hydrogen-bond acceptors (Lipinski definition) is 4. The Morgan fingerprint density at radius 3 is 2.80 bits per heavy atom. The van der Waals surface area contributed by atoms with Gasteiger partial charge in [0.05, 0.1) is 16.6 Å². The van der Waals surface area contributed by atoms with Gasteiger partial charge in [0.1, 0.15) is 0 Å². The third-order valence-electron chi connectivity index (χ3n) is 1.90. The van der Waals surface area contributed by atoms with Crippen molar-refractivity contribution in [3.63, 3.8) is 0 Å². The highest BCUT2D eigenvalue weighted by atomic mass is 79.9. The van der Waals surface area contributed by atoms with Gasteiger partial charge in [-0.2, -0.15) is 0 Å². The summed E-state index contributed by atoms with van der Waals surface area (Å²) in [5.74, 6) is 0. The molecule has 0 aliphatic heterocycles. The molecule has 1 heterocycles. The van der Waals surface area contributed by atoms with Crippen LogP contribution >= 0.6 is 15.9 Å². The van der Waals surface area contributed by atoms with Crippen molar-refractivity contribution in [2.24, 2.45) is 0 Å². The SMILES string of the molecule is O=c1ccoc2c([N+](=O)[O-])cc(Br)cc12. The summed E-state index contributed by atoms with van der Waals surface area (Å²) in [5, 5.41) is 10.9. The van der Waals surface area contributed by atoms with E-state index in [0.717, 1.165) is 6.26 Å². The first-order valence-electron chi connectivity index (χ1n) is 3.95. The van der Waals surface area contributed by atoms with Gasteiger partial charge in [-0.05, 0) is 6.07 Å². The van der Waals surface area contributed by atoms with Crippen molar-refractivity contribution < 1.29 is 9.34 Å². The zero-order chi connectivity index (χ0) is 11.0. The number of hydrogen-bond donors (Lipinski definition) is 0. The molecule has 0 atom stereocenters. The topological polar surface area (TPSA) is 73.3 Å². The Kier molecular flexibility index (Phi) is 2.28. The molecule has 15 heavy (non-hydrogen) atoms. The quantitative estimate of drug-likeness (QED) is 0.589. The lowest BCUT2D eigenvalue weighted by Crippen LogP contribution is -2.00. The van der Waals surface area contributed by atoms with Crippen molar-refractivity contribution in [3.05, 3.63) is 49.3 Å². The Bertz CT molecular complexity index is 605. The van der Waals surface area contributed by atoms with Crippen LogP contribution < -0.4 is 5.43 Å². The van der Waals surface area contributed by atoms with E-state index in [0.29, 0.717) is 4.47 Å². The van der Waals surface area contributed by atoms with Gasteiger partial charge in [0.15, 0.2) is 5.43 Å². The number of benzene rings is 1. The Hall–Kier alpha value is -1.69. The van der Waals surface area contributed by atoms with Crippen LogP contribution in [0.1, 0.15) is 0 Å². The van der Waals surface area contributed by atoms with Crippen molar-refractivity contribution in [2.45, 2.75) is 0 Å². The van der Waals surface area contributed by atoms with Crippen LogP contribution in [0.5, 0.6) is 0 Å². The molecule has 0 unspecified atom stereocenters. The maximum Gasteiger partial charge on any atom is 0.313 e. The van der Waals surface area contributed by atoms with Gasteiger partial charge in [-0.3, -0.25) is 14.9 Å². The fourth-order valence-electron chi connectivity index (χ4n) is 1.28. The van der Waals surface area contributed by atoms with Gasteiger partial charge in [0.25, 0.3) is 0 Å². The predicted octanol–water partition coefficient (Wildman–Crippen LogP) is 2.46. The van der Waals surface area contributed by atoms with E-state index < -0.39 is 4.92 Å². The van der Waals surface area contributed by atoms with Crippen molar-refractivity contribution >= 4 is 32.6 Å². The van der Waals surface area contributed by atoms with E-state index in [-0.39, 0.29) is 22.1 Å². The van der Waals surface area contributed by atoms with E-state index in [1.54, 1.807) is 0 Å². The molecule has 0 saturated heterocycles. The molecule has 0 aliphatic rings. The van der Waals surface area contributed by atoms with Crippen LogP contribution in [0.25, 0.3) is 11.0 Å². The van der Waals surface area contributed by atoms with E-state index in [4.69, 9.17) is 4.42 Å². The number of non-ortho nitro benzene ring substituents is 1. The minimum absolute atomic E-state index is 0.00398. The number of nitrogens with zero attached hydrogens (tertiary/aromatic N) is 1. The summed E-state index contributed by atoms with van der Waals surface area (Å²) >= 11 is 3.10. The molecule has 2 aromatic rings. The van der Waals surface area contributed by atoms with Crippen LogP contribution in [-0.2, 0) is 0 Å². The molecule has 2 rings (SSSR count). The minimum atomic E-state index is -0.587. The largest absolute Gasteiger partial charge is 0.457 e. The molecular formula is C9H4BrNO4. The molecule has 0 bridgehead atoms. The van der Waals surface area contributed by atoms with Crippen molar-refractivity contribution in [1.29, 1.82) is 0 Å². The number of nitro groups is 1. The summed E-state index contributed by atoms with van der Waals surface area (Å²) in [6, 6.07) is 4.01. The average Bonchev–Trinajstić information content (AvgIpc) is 2.18. The minimum Gasteiger partial charge on any atom is -0.457 e.